The molecule has 0 saturated carbocycles. The first-order chi connectivity index (χ1) is 15.8. The van der Waals surface area contributed by atoms with Crippen LogP contribution in [0.25, 0.3) is 10.9 Å². The van der Waals surface area contributed by atoms with E-state index < -0.39 is 0 Å². The second kappa shape index (κ2) is 9.51. The van der Waals surface area contributed by atoms with Crippen molar-refractivity contribution in [2.24, 2.45) is 0 Å². The molecule has 1 heterocycles. The Balaban J connectivity index is 1.66. The zero-order valence-corrected chi connectivity index (χ0v) is 19.7. The largest absolute Gasteiger partial charge is 0.322 e. The zero-order chi connectivity index (χ0) is 23.5. The number of hydrogen-bond acceptors (Lipinski definition) is 2. The fourth-order valence-corrected chi connectivity index (χ4v) is 3.82. The number of H-pyrrole nitrogens is 1. The third-order valence-corrected chi connectivity index (χ3v) is 6.03. The number of rotatable bonds is 5. The maximum Gasteiger partial charge on any atom is 0.322 e. The summed E-state index contributed by atoms with van der Waals surface area (Å²) >= 11 is 5.96. The van der Waals surface area contributed by atoms with Crippen molar-refractivity contribution in [1.29, 1.82) is 0 Å². The van der Waals surface area contributed by atoms with Crippen LogP contribution in [-0.2, 0) is 13.1 Å². The second-order valence-electron chi connectivity index (χ2n) is 8.43. The lowest BCUT2D eigenvalue weighted by Gasteiger charge is -2.23. The molecule has 0 fully saturated rings. The molecule has 0 radical (unpaired) electrons. The predicted octanol–water partition coefficient (Wildman–Crippen LogP) is 6.34. The summed E-state index contributed by atoms with van der Waals surface area (Å²) in [5, 5.41) is 4.45. The molecule has 0 spiro atoms. The third-order valence-electron chi connectivity index (χ3n) is 5.77. The van der Waals surface area contributed by atoms with Gasteiger partial charge in [-0.2, -0.15) is 0 Å². The van der Waals surface area contributed by atoms with E-state index in [1.807, 2.05) is 57.2 Å². The molecule has 0 aliphatic heterocycles. The molecule has 3 aromatic carbocycles. The van der Waals surface area contributed by atoms with E-state index in [0.717, 1.165) is 33.2 Å². The number of nitrogens with one attached hydrogen (secondary N) is 2. The van der Waals surface area contributed by atoms with Gasteiger partial charge in [0.05, 0.1) is 6.54 Å². The smallest absolute Gasteiger partial charge is 0.322 e. The summed E-state index contributed by atoms with van der Waals surface area (Å²) in [6.07, 6.45) is 0. The number of anilines is 1. The third kappa shape index (κ3) is 5.44. The molecule has 0 unspecified atom stereocenters. The lowest BCUT2D eigenvalue weighted by molar-refractivity contribution is 0.206. The number of urea groups is 1. The highest BCUT2D eigenvalue weighted by atomic mass is 35.5. The maximum atomic E-state index is 13.2. The fraction of sp³-hybridized carbons (Fsp3) is 0.185. The van der Waals surface area contributed by atoms with Crippen molar-refractivity contribution >= 4 is 34.2 Å². The quantitative estimate of drug-likeness (QED) is 0.365. The fourth-order valence-electron chi connectivity index (χ4n) is 3.69. The van der Waals surface area contributed by atoms with Crippen LogP contribution in [0.15, 0.2) is 71.5 Å². The molecule has 1 aromatic heterocycles. The Morgan fingerprint density at radius 2 is 1.58 bits per heavy atom. The average molecular weight is 460 g/mol. The van der Waals surface area contributed by atoms with Crippen LogP contribution < -0.4 is 10.9 Å². The average Bonchev–Trinajstić information content (AvgIpc) is 2.78. The van der Waals surface area contributed by atoms with Gasteiger partial charge in [0, 0.05) is 28.3 Å². The Hall–Kier alpha value is -3.57. The molecular weight excluding hydrogens is 434 g/mol. The first-order valence-electron chi connectivity index (χ1n) is 10.8. The van der Waals surface area contributed by atoms with Crippen LogP contribution >= 0.6 is 11.6 Å². The van der Waals surface area contributed by atoms with Gasteiger partial charge in [0.1, 0.15) is 0 Å². The number of aromatic amines is 1. The van der Waals surface area contributed by atoms with Gasteiger partial charge in [-0.05, 0) is 85.3 Å². The van der Waals surface area contributed by atoms with Crippen molar-refractivity contribution in [3.8, 4) is 0 Å². The SMILES string of the molecule is Cc1ccc(CN(Cc2cc3cc(C)c(C)cc3[nH]c2=O)C(=O)Nc2ccc(Cl)cc2)cc1. The number of carbonyl (C=O) groups excluding carboxylic acids is 1. The highest BCUT2D eigenvalue weighted by molar-refractivity contribution is 6.30. The molecule has 0 saturated heterocycles. The first-order valence-corrected chi connectivity index (χ1v) is 11.2. The van der Waals surface area contributed by atoms with Crippen LogP contribution in [-0.4, -0.2) is 15.9 Å². The number of amides is 2. The summed E-state index contributed by atoms with van der Waals surface area (Å²) in [6.45, 7) is 6.62. The normalized spacial score (nSPS) is 10.9. The van der Waals surface area contributed by atoms with Crippen LogP contribution in [0.5, 0.6) is 0 Å². The summed E-state index contributed by atoms with van der Waals surface area (Å²) in [5.41, 5.74) is 6.16. The topological polar surface area (TPSA) is 65.2 Å². The van der Waals surface area contributed by atoms with Crippen LogP contribution in [0.4, 0.5) is 10.5 Å². The Bertz CT molecular complexity index is 1360. The van der Waals surface area contributed by atoms with E-state index >= 15 is 0 Å². The highest BCUT2D eigenvalue weighted by Crippen LogP contribution is 2.19. The Kier molecular flexibility index (Phi) is 6.52. The van der Waals surface area contributed by atoms with Gasteiger partial charge in [0.25, 0.3) is 5.56 Å². The summed E-state index contributed by atoms with van der Waals surface area (Å²) in [5.74, 6) is 0. The number of carbonyl (C=O) groups is 1. The molecule has 4 rings (SSSR count). The van der Waals surface area contributed by atoms with Gasteiger partial charge in [-0.15, -0.1) is 0 Å². The Morgan fingerprint density at radius 3 is 2.27 bits per heavy atom. The van der Waals surface area contributed by atoms with Gasteiger partial charge in [-0.25, -0.2) is 4.79 Å². The molecule has 6 heteroatoms. The lowest BCUT2D eigenvalue weighted by atomic mass is 10.0. The zero-order valence-electron chi connectivity index (χ0n) is 18.9. The number of benzene rings is 3. The van der Waals surface area contributed by atoms with E-state index in [1.165, 1.54) is 0 Å². The Morgan fingerprint density at radius 1 is 0.909 bits per heavy atom. The van der Waals surface area contributed by atoms with Crippen LogP contribution in [0.1, 0.15) is 27.8 Å². The van der Waals surface area contributed by atoms with Crippen molar-refractivity contribution in [3.63, 3.8) is 0 Å². The molecule has 168 valence electrons. The highest BCUT2D eigenvalue weighted by Gasteiger charge is 2.17. The molecule has 4 aromatic rings. The van der Waals surface area contributed by atoms with Crippen molar-refractivity contribution in [1.82, 2.24) is 9.88 Å². The van der Waals surface area contributed by atoms with E-state index in [2.05, 4.69) is 16.4 Å². The second-order valence-corrected chi connectivity index (χ2v) is 8.86. The molecular formula is C27H26ClN3O2. The minimum Gasteiger partial charge on any atom is -0.322 e. The van der Waals surface area contributed by atoms with Crippen molar-refractivity contribution < 1.29 is 4.79 Å². The van der Waals surface area contributed by atoms with Crippen molar-refractivity contribution in [2.45, 2.75) is 33.9 Å². The molecule has 0 atom stereocenters. The van der Waals surface area contributed by atoms with Gasteiger partial charge in [-0.3, -0.25) is 4.79 Å². The number of aromatic nitrogens is 1. The van der Waals surface area contributed by atoms with Crippen LogP contribution in [0.2, 0.25) is 5.02 Å². The number of halogens is 1. The number of fused-ring (bicyclic) bond motifs is 1. The summed E-state index contributed by atoms with van der Waals surface area (Å²) < 4.78 is 0. The van der Waals surface area contributed by atoms with Gasteiger partial charge in [0.2, 0.25) is 0 Å². The van der Waals surface area contributed by atoms with Crippen LogP contribution in [0, 0.1) is 20.8 Å². The molecule has 0 bridgehead atoms. The lowest BCUT2D eigenvalue weighted by Crippen LogP contribution is -2.35. The summed E-state index contributed by atoms with van der Waals surface area (Å²) in [6, 6.07) is 20.6. The molecule has 0 aliphatic carbocycles. The number of aryl methyl sites for hydroxylation is 3. The van der Waals surface area contributed by atoms with E-state index in [4.69, 9.17) is 11.6 Å². The summed E-state index contributed by atoms with van der Waals surface area (Å²) in [4.78, 5) is 30.7. The van der Waals surface area contributed by atoms with Gasteiger partial charge in [0.15, 0.2) is 0 Å². The minimum absolute atomic E-state index is 0.172. The number of nitrogens with zero attached hydrogens (tertiary/aromatic N) is 1. The molecule has 5 nitrogen and oxygen atoms in total. The van der Waals surface area contributed by atoms with E-state index in [0.29, 0.717) is 22.8 Å². The monoisotopic (exact) mass is 459 g/mol. The van der Waals surface area contributed by atoms with Gasteiger partial charge >= 0.3 is 6.03 Å². The molecule has 2 N–H and O–H groups in total. The van der Waals surface area contributed by atoms with E-state index in [-0.39, 0.29) is 18.1 Å². The van der Waals surface area contributed by atoms with Gasteiger partial charge in [-0.1, -0.05) is 41.4 Å². The maximum absolute atomic E-state index is 13.2. The predicted molar refractivity (Wildman–Crippen MR) is 135 cm³/mol. The van der Waals surface area contributed by atoms with E-state index in [9.17, 15) is 9.59 Å². The Labute approximate surface area is 198 Å². The molecule has 2 amide bonds. The molecule has 0 aliphatic rings. The van der Waals surface area contributed by atoms with E-state index in [1.54, 1.807) is 29.2 Å². The number of hydrogen-bond donors (Lipinski definition) is 2. The first kappa shape index (κ1) is 22.6. The van der Waals surface area contributed by atoms with Crippen LogP contribution in [0.3, 0.4) is 0 Å². The minimum atomic E-state index is -0.294. The number of pyridine rings is 1. The summed E-state index contributed by atoms with van der Waals surface area (Å²) in [7, 11) is 0. The molecule has 33 heavy (non-hydrogen) atoms. The van der Waals surface area contributed by atoms with Crippen molar-refractivity contribution in [2.75, 3.05) is 5.32 Å². The van der Waals surface area contributed by atoms with Crippen molar-refractivity contribution in [3.05, 3.63) is 110 Å². The standard InChI is InChI=1S/C27H26ClN3O2/c1-17-4-6-20(7-5-17)15-31(27(33)29-24-10-8-23(28)9-11-24)16-22-14-21-12-18(2)19(3)13-25(21)30-26(22)32/h4-14H,15-16H2,1-3H3,(H,29,33)(H,30,32). The van der Waals surface area contributed by atoms with Gasteiger partial charge < -0.3 is 15.2 Å².